The van der Waals surface area contributed by atoms with Gasteiger partial charge in [0.2, 0.25) is 0 Å². The minimum atomic E-state index is 0.415. The highest BCUT2D eigenvalue weighted by molar-refractivity contribution is 5.40. The van der Waals surface area contributed by atoms with E-state index in [0.717, 1.165) is 18.2 Å². The monoisotopic (exact) mass is 247 g/mol. The van der Waals surface area contributed by atoms with Crippen LogP contribution >= 0.6 is 0 Å². The van der Waals surface area contributed by atoms with Crippen molar-refractivity contribution in [1.82, 2.24) is 5.32 Å². The van der Waals surface area contributed by atoms with Crippen LogP contribution in [-0.2, 0) is 6.54 Å². The zero-order valence-corrected chi connectivity index (χ0v) is 11.8. The fourth-order valence-electron chi connectivity index (χ4n) is 2.73. The van der Waals surface area contributed by atoms with Crippen molar-refractivity contribution >= 4 is 0 Å². The van der Waals surface area contributed by atoms with E-state index in [0.29, 0.717) is 6.10 Å². The Balaban J connectivity index is 2.07. The third-order valence-corrected chi connectivity index (χ3v) is 3.91. The molecule has 0 heterocycles. The molecule has 2 nitrogen and oxygen atoms in total. The molecule has 1 fully saturated rings. The van der Waals surface area contributed by atoms with Crippen LogP contribution in [-0.4, -0.2) is 13.2 Å². The maximum absolute atomic E-state index is 6.28. The molecule has 0 aliphatic heterocycles. The number of hydrogen-bond donors (Lipinski definition) is 1. The Labute approximate surface area is 111 Å². The average Bonchev–Trinajstić information content (AvgIpc) is 2.36. The molecule has 2 rings (SSSR count). The van der Waals surface area contributed by atoms with Crippen molar-refractivity contribution in [1.29, 1.82) is 0 Å². The first-order valence-electron chi connectivity index (χ1n) is 7.10. The van der Waals surface area contributed by atoms with Crippen LogP contribution in [0.1, 0.15) is 43.7 Å². The van der Waals surface area contributed by atoms with Gasteiger partial charge in [-0.05, 0) is 51.1 Å². The molecule has 0 bridgehead atoms. The van der Waals surface area contributed by atoms with E-state index < -0.39 is 0 Å². The van der Waals surface area contributed by atoms with Gasteiger partial charge in [-0.15, -0.1) is 0 Å². The molecule has 1 aromatic rings. The van der Waals surface area contributed by atoms with Crippen molar-refractivity contribution in [2.45, 2.75) is 52.2 Å². The Hall–Kier alpha value is -1.02. The summed E-state index contributed by atoms with van der Waals surface area (Å²) >= 11 is 0. The van der Waals surface area contributed by atoms with Crippen LogP contribution in [0.2, 0.25) is 0 Å². The van der Waals surface area contributed by atoms with E-state index in [9.17, 15) is 0 Å². The van der Waals surface area contributed by atoms with E-state index in [4.69, 9.17) is 4.74 Å². The lowest BCUT2D eigenvalue weighted by Crippen LogP contribution is -2.24. The predicted molar refractivity (Wildman–Crippen MR) is 76.0 cm³/mol. The minimum absolute atomic E-state index is 0.415. The van der Waals surface area contributed by atoms with Crippen LogP contribution in [0.25, 0.3) is 0 Å². The van der Waals surface area contributed by atoms with Gasteiger partial charge in [-0.1, -0.05) is 25.1 Å². The maximum Gasteiger partial charge on any atom is 0.127 e. The van der Waals surface area contributed by atoms with Gasteiger partial charge in [0, 0.05) is 12.1 Å². The molecule has 0 saturated heterocycles. The SMILES string of the molecule is CNCc1cccc(C)c1OC1CCC(C)CC1. The molecule has 1 N–H and O–H groups in total. The molecule has 0 amide bonds. The van der Waals surface area contributed by atoms with E-state index >= 15 is 0 Å². The largest absolute Gasteiger partial charge is 0.490 e. The highest BCUT2D eigenvalue weighted by atomic mass is 16.5. The second-order valence-electron chi connectivity index (χ2n) is 5.59. The molecule has 100 valence electrons. The van der Waals surface area contributed by atoms with Crippen LogP contribution in [0.3, 0.4) is 0 Å². The van der Waals surface area contributed by atoms with E-state index in [1.54, 1.807) is 0 Å². The summed E-state index contributed by atoms with van der Waals surface area (Å²) in [7, 11) is 1.98. The summed E-state index contributed by atoms with van der Waals surface area (Å²) in [6.07, 6.45) is 5.43. The molecule has 0 aromatic heterocycles. The van der Waals surface area contributed by atoms with E-state index in [1.807, 2.05) is 7.05 Å². The Morgan fingerprint density at radius 3 is 2.61 bits per heavy atom. The molecule has 1 aromatic carbocycles. The van der Waals surface area contributed by atoms with Crippen LogP contribution in [0.5, 0.6) is 5.75 Å². The highest BCUT2D eigenvalue weighted by Crippen LogP contribution is 2.30. The van der Waals surface area contributed by atoms with Crippen molar-refractivity contribution in [3.63, 3.8) is 0 Å². The van der Waals surface area contributed by atoms with Crippen LogP contribution < -0.4 is 10.1 Å². The average molecular weight is 247 g/mol. The lowest BCUT2D eigenvalue weighted by Gasteiger charge is -2.28. The van der Waals surface area contributed by atoms with Crippen LogP contribution in [0.15, 0.2) is 18.2 Å². The molecule has 0 radical (unpaired) electrons. The van der Waals surface area contributed by atoms with Crippen molar-refractivity contribution in [2.24, 2.45) is 5.92 Å². The van der Waals surface area contributed by atoms with E-state index in [2.05, 4.69) is 37.4 Å². The van der Waals surface area contributed by atoms with Crippen molar-refractivity contribution in [3.8, 4) is 5.75 Å². The van der Waals surface area contributed by atoms with Crippen molar-refractivity contribution in [2.75, 3.05) is 7.05 Å². The summed E-state index contributed by atoms with van der Waals surface area (Å²) in [4.78, 5) is 0. The molecular weight excluding hydrogens is 222 g/mol. The zero-order chi connectivity index (χ0) is 13.0. The Kier molecular flexibility index (Phi) is 4.65. The molecule has 1 aliphatic carbocycles. The standard InChI is InChI=1S/C16H25NO/c1-12-7-9-15(10-8-12)18-16-13(2)5-4-6-14(16)11-17-3/h4-6,12,15,17H,7-11H2,1-3H3. The smallest absolute Gasteiger partial charge is 0.127 e. The summed E-state index contributed by atoms with van der Waals surface area (Å²) < 4.78 is 6.28. The van der Waals surface area contributed by atoms with Gasteiger partial charge in [0.15, 0.2) is 0 Å². The Morgan fingerprint density at radius 1 is 1.22 bits per heavy atom. The van der Waals surface area contributed by atoms with Gasteiger partial charge < -0.3 is 10.1 Å². The fourth-order valence-corrected chi connectivity index (χ4v) is 2.73. The Morgan fingerprint density at radius 2 is 1.94 bits per heavy atom. The Bertz CT molecular complexity index is 381. The second kappa shape index (κ2) is 6.24. The molecule has 1 aliphatic rings. The van der Waals surface area contributed by atoms with Gasteiger partial charge >= 0.3 is 0 Å². The summed E-state index contributed by atoms with van der Waals surface area (Å²) in [5, 5.41) is 3.22. The van der Waals surface area contributed by atoms with Gasteiger partial charge in [0.05, 0.1) is 6.10 Å². The molecule has 2 heteroatoms. The van der Waals surface area contributed by atoms with Gasteiger partial charge in [0.25, 0.3) is 0 Å². The number of aryl methyl sites for hydroxylation is 1. The number of benzene rings is 1. The highest BCUT2D eigenvalue weighted by Gasteiger charge is 2.21. The predicted octanol–water partition coefficient (Wildman–Crippen LogP) is 3.67. The number of nitrogens with one attached hydrogen (secondary N) is 1. The third kappa shape index (κ3) is 3.26. The van der Waals surface area contributed by atoms with Crippen LogP contribution in [0.4, 0.5) is 0 Å². The van der Waals surface area contributed by atoms with Gasteiger partial charge in [-0.25, -0.2) is 0 Å². The maximum atomic E-state index is 6.28. The number of ether oxygens (including phenoxy) is 1. The molecule has 0 spiro atoms. The van der Waals surface area contributed by atoms with Gasteiger partial charge in [-0.2, -0.15) is 0 Å². The molecule has 0 atom stereocenters. The first-order valence-corrected chi connectivity index (χ1v) is 7.10. The first kappa shape index (κ1) is 13.4. The van der Waals surface area contributed by atoms with E-state index in [-0.39, 0.29) is 0 Å². The summed E-state index contributed by atoms with van der Waals surface area (Å²) in [6.45, 7) is 5.36. The second-order valence-corrected chi connectivity index (χ2v) is 5.59. The van der Waals surface area contributed by atoms with Gasteiger partial charge in [0.1, 0.15) is 5.75 Å². The minimum Gasteiger partial charge on any atom is -0.490 e. The van der Waals surface area contributed by atoms with Crippen molar-refractivity contribution < 1.29 is 4.74 Å². The molecule has 18 heavy (non-hydrogen) atoms. The van der Waals surface area contributed by atoms with Crippen molar-refractivity contribution in [3.05, 3.63) is 29.3 Å². The normalized spacial score (nSPS) is 23.9. The summed E-state index contributed by atoms with van der Waals surface area (Å²) in [5.74, 6) is 1.98. The number of rotatable bonds is 4. The first-order chi connectivity index (χ1) is 8.70. The third-order valence-electron chi connectivity index (χ3n) is 3.91. The number of hydrogen-bond acceptors (Lipinski definition) is 2. The molecule has 0 unspecified atom stereocenters. The number of para-hydroxylation sites is 1. The fraction of sp³-hybridized carbons (Fsp3) is 0.625. The lowest BCUT2D eigenvalue weighted by molar-refractivity contribution is 0.133. The van der Waals surface area contributed by atoms with E-state index in [1.165, 1.54) is 36.8 Å². The lowest BCUT2D eigenvalue weighted by atomic mass is 9.89. The topological polar surface area (TPSA) is 21.3 Å². The summed E-state index contributed by atoms with van der Waals surface area (Å²) in [6, 6.07) is 6.40. The van der Waals surface area contributed by atoms with Gasteiger partial charge in [-0.3, -0.25) is 0 Å². The van der Waals surface area contributed by atoms with Crippen LogP contribution in [0, 0.1) is 12.8 Å². The zero-order valence-electron chi connectivity index (χ0n) is 11.8. The molecular formula is C16H25NO. The molecule has 1 saturated carbocycles. The summed E-state index contributed by atoms with van der Waals surface area (Å²) in [5.41, 5.74) is 2.53. The quantitative estimate of drug-likeness (QED) is 0.876.